The summed E-state index contributed by atoms with van der Waals surface area (Å²) in [5, 5.41) is 1.01. The predicted molar refractivity (Wildman–Crippen MR) is 102 cm³/mol. The van der Waals surface area contributed by atoms with Crippen LogP contribution in [0.5, 0.6) is 0 Å². The maximum atomic E-state index is 6.25. The normalized spacial score (nSPS) is 25.6. The molecule has 0 heterocycles. The van der Waals surface area contributed by atoms with E-state index in [4.69, 9.17) is 32.7 Å². The van der Waals surface area contributed by atoms with E-state index in [0.29, 0.717) is 33.0 Å². The summed E-state index contributed by atoms with van der Waals surface area (Å²) in [6, 6.07) is 5.35. The third-order valence-electron chi connectivity index (χ3n) is 5.14. The second-order valence-corrected chi connectivity index (χ2v) is 8.34. The summed E-state index contributed by atoms with van der Waals surface area (Å²) < 4.78 is 11.5. The standard InChI is InChI=1S/C19H27Cl2NO2/c1-18(2,3)13-9-11-19(24-5,12-10-13)17(23-4)22-16-14(20)7-6-8-15(16)21/h6-8,13H,9-12H2,1-5H3. The maximum absolute atomic E-state index is 6.25. The second kappa shape index (κ2) is 7.63. The molecular formula is C19H27Cl2NO2. The Morgan fingerprint density at radius 2 is 1.67 bits per heavy atom. The minimum absolute atomic E-state index is 0.302. The van der Waals surface area contributed by atoms with Gasteiger partial charge in [0.15, 0.2) is 0 Å². The van der Waals surface area contributed by atoms with Crippen molar-refractivity contribution in [1.82, 2.24) is 0 Å². The number of rotatable bonds is 3. The quantitative estimate of drug-likeness (QED) is 0.461. The Kier molecular flexibility index (Phi) is 6.22. The summed E-state index contributed by atoms with van der Waals surface area (Å²) in [7, 11) is 3.35. The van der Waals surface area contributed by atoms with Crippen LogP contribution >= 0.6 is 23.2 Å². The highest BCUT2D eigenvalue weighted by Crippen LogP contribution is 2.44. The number of methoxy groups -OCH3 is 2. The number of ether oxygens (including phenoxy) is 2. The lowest BCUT2D eigenvalue weighted by Crippen LogP contribution is -2.46. The van der Waals surface area contributed by atoms with E-state index in [1.807, 2.05) is 0 Å². The van der Waals surface area contributed by atoms with Crippen molar-refractivity contribution in [2.24, 2.45) is 16.3 Å². The van der Waals surface area contributed by atoms with E-state index >= 15 is 0 Å². The zero-order valence-electron chi connectivity index (χ0n) is 15.2. The van der Waals surface area contributed by atoms with E-state index in [1.54, 1.807) is 32.4 Å². The minimum Gasteiger partial charge on any atom is -0.482 e. The molecule has 0 aromatic heterocycles. The van der Waals surface area contributed by atoms with Gasteiger partial charge >= 0.3 is 0 Å². The first kappa shape index (κ1) is 19.6. The topological polar surface area (TPSA) is 30.8 Å². The summed E-state index contributed by atoms with van der Waals surface area (Å²) in [6.45, 7) is 6.89. The fraction of sp³-hybridized carbons (Fsp3) is 0.632. The largest absolute Gasteiger partial charge is 0.482 e. The summed E-state index contributed by atoms with van der Waals surface area (Å²) in [4.78, 5) is 4.64. The van der Waals surface area contributed by atoms with Crippen LogP contribution in [0.3, 0.4) is 0 Å². The summed E-state index contributed by atoms with van der Waals surface area (Å²) in [5.41, 5.74) is 0.321. The van der Waals surface area contributed by atoms with Gasteiger partial charge in [-0.2, -0.15) is 0 Å². The Bertz CT molecular complexity index is 580. The van der Waals surface area contributed by atoms with Gasteiger partial charge < -0.3 is 9.47 Å². The fourth-order valence-corrected chi connectivity index (χ4v) is 3.97. The smallest absolute Gasteiger partial charge is 0.221 e. The molecule has 5 heteroatoms. The number of benzene rings is 1. The Morgan fingerprint density at radius 3 is 2.08 bits per heavy atom. The number of hydrogen-bond acceptors (Lipinski definition) is 3. The zero-order chi connectivity index (χ0) is 18.0. The second-order valence-electron chi connectivity index (χ2n) is 7.53. The third-order valence-corrected chi connectivity index (χ3v) is 5.75. The molecule has 134 valence electrons. The molecule has 1 aromatic rings. The summed E-state index contributed by atoms with van der Waals surface area (Å²) in [6.07, 6.45) is 3.91. The molecule has 1 fully saturated rings. The summed E-state index contributed by atoms with van der Waals surface area (Å²) in [5.74, 6) is 1.22. The first-order chi connectivity index (χ1) is 11.2. The van der Waals surface area contributed by atoms with Crippen molar-refractivity contribution in [2.75, 3.05) is 14.2 Å². The van der Waals surface area contributed by atoms with Gasteiger partial charge in [0, 0.05) is 7.11 Å². The average molecular weight is 372 g/mol. The Labute approximate surface area is 155 Å². The number of hydrogen-bond donors (Lipinski definition) is 0. The fourth-order valence-electron chi connectivity index (χ4n) is 3.49. The lowest BCUT2D eigenvalue weighted by atomic mass is 9.68. The van der Waals surface area contributed by atoms with Crippen LogP contribution in [0.25, 0.3) is 0 Å². The molecule has 0 spiro atoms. The number of para-hydroxylation sites is 1. The van der Waals surface area contributed by atoms with Crippen LogP contribution in [-0.4, -0.2) is 25.7 Å². The molecule has 0 N–H and O–H groups in total. The van der Waals surface area contributed by atoms with Gasteiger partial charge in [0.05, 0.1) is 17.2 Å². The lowest BCUT2D eigenvalue weighted by molar-refractivity contribution is -0.0220. The van der Waals surface area contributed by atoms with Gasteiger partial charge in [0.25, 0.3) is 0 Å². The highest BCUT2D eigenvalue weighted by molar-refractivity contribution is 6.38. The maximum Gasteiger partial charge on any atom is 0.221 e. The van der Waals surface area contributed by atoms with Crippen molar-refractivity contribution in [3.63, 3.8) is 0 Å². The van der Waals surface area contributed by atoms with E-state index in [0.717, 1.165) is 25.7 Å². The van der Waals surface area contributed by atoms with Gasteiger partial charge in [-0.25, -0.2) is 4.99 Å². The molecule has 24 heavy (non-hydrogen) atoms. The molecule has 2 rings (SSSR count). The highest BCUT2D eigenvalue weighted by Gasteiger charge is 2.43. The van der Waals surface area contributed by atoms with Crippen molar-refractivity contribution in [1.29, 1.82) is 0 Å². The van der Waals surface area contributed by atoms with Gasteiger partial charge in [-0.05, 0) is 49.1 Å². The predicted octanol–water partition coefficient (Wildman–Crippen LogP) is 6.29. The van der Waals surface area contributed by atoms with E-state index in [2.05, 4.69) is 25.8 Å². The van der Waals surface area contributed by atoms with E-state index in [9.17, 15) is 0 Å². The molecule has 0 atom stereocenters. The Hall–Kier alpha value is -0.770. The van der Waals surface area contributed by atoms with Gasteiger partial charge in [-0.3, -0.25) is 0 Å². The number of halogens is 2. The minimum atomic E-state index is -0.515. The van der Waals surface area contributed by atoms with Crippen LogP contribution in [0.4, 0.5) is 5.69 Å². The number of aliphatic imine (C=N–C) groups is 1. The molecule has 1 saturated carbocycles. The molecule has 0 saturated heterocycles. The van der Waals surface area contributed by atoms with Gasteiger partial charge in [-0.15, -0.1) is 0 Å². The van der Waals surface area contributed by atoms with Gasteiger partial charge in [0.2, 0.25) is 5.90 Å². The van der Waals surface area contributed by atoms with Gasteiger partial charge in [0.1, 0.15) is 11.3 Å². The molecule has 0 bridgehead atoms. The van der Waals surface area contributed by atoms with Crippen molar-refractivity contribution < 1.29 is 9.47 Å². The molecule has 0 unspecified atom stereocenters. The van der Waals surface area contributed by atoms with E-state index < -0.39 is 5.60 Å². The van der Waals surface area contributed by atoms with Gasteiger partial charge in [-0.1, -0.05) is 50.0 Å². The SMILES string of the molecule is COC(=Nc1c(Cl)cccc1Cl)C1(OC)CCC(C(C)(C)C)CC1. The van der Waals surface area contributed by atoms with Crippen molar-refractivity contribution in [3.8, 4) is 0 Å². The molecule has 3 nitrogen and oxygen atoms in total. The van der Waals surface area contributed by atoms with Crippen LogP contribution in [0.15, 0.2) is 23.2 Å². The first-order valence-electron chi connectivity index (χ1n) is 8.36. The van der Waals surface area contributed by atoms with Crippen molar-refractivity contribution in [2.45, 2.75) is 52.1 Å². The van der Waals surface area contributed by atoms with Crippen LogP contribution in [-0.2, 0) is 9.47 Å². The molecule has 1 aromatic carbocycles. The van der Waals surface area contributed by atoms with E-state index in [-0.39, 0.29) is 0 Å². The molecule has 0 radical (unpaired) electrons. The Morgan fingerprint density at radius 1 is 1.12 bits per heavy atom. The van der Waals surface area contributed by atoms with Crippen molar-refractivity contribution in [3.05, 3.63) is 28.2 Å². The molecule has 1 aliphatic carbocycles. The molecular weight excluding hydrogens is 345 g/mol. The average Bonchev–Trinajstić information content (AvgIpc) is 2.54. The van der Waals surface area contributed by atoms with Crippen LogP contribution in [0.2, 0.25) is 10.0 Å². The highest BCUT2D eigenvalue weighted by atomic mass is 35.5. The molecule has 0 amide bonds. The Balaban J connectivity index is 2.33. The molecule has 1 aliphatic rings. The van der Waals surface area contributed by atoms with Crippen LogP contribution in [0.1, 0.15) is 46.5 Å². The lowest BCUT2D eigenvalue weighted by Gasteiger charge is -2.42. The van der Waals surface area contributed by atoms with Crippen LogP contribution < -0.4 is 0 Å². The zero-order valence-corrected chi connectivity index (χ0v) is 16.7. The van der Waals surface area contributed by atoms with E-state index in [1.165, 1.54) is 0 Å². The third kappa shape index (κ3) is 4.07. The first-order valence-corrected chi connectivity index (χ1v) is 9.11. The number of nitrogens with zero attached hydrogens (tertiary/aromatic N) is 1. The molecule has 0 aliphatic heterocycles. The van der Waals surface area contributed by atoms with Crippen LogP contribution in [0, 0.1) is 11.3 Å². The summed E-state index contributed by atoms with van der Waals surface area (Å²) >= 11 is 12.5. The van der Waals surface area contributed by atoms with Crippen molar-refractivity contribution >= 4 is 34.8 Å². The monoisotopic (exact) mass is 371 g/mol.